The van der Waals surface area contributed by atoms with Gasteiger partial charge < -0.3 is 15.0 Å². The first-order valence-corrected chi connectivity index (χ1v) is 9.87. The van der Waals surface area contributed by atoms with Gasteiger partial charge in [0.05, 0.1) is 7.11 Å². The highest BCUT2D eigenvalue weighted by molar-refractivity contribution is 6.19. The number of Topliss-reactive ketones (excluding diaryl/α,β-unsaturated/α-hetero) is 1. The van der Waals surface area contributed by atoms with Gasteiger partial charge in [-0.3, -0.25) is 9.59 Å². The summed E-state index contributed by atoms with van der Waals surface area (Å²) in [5.41, 5.74) is 2.94. The Bertz CT molecular complexity index is 1380. The lowest BCUT2D eigenvalue weighted by atomic mass is 10.0. The predicted octanol–water partition coefficient (Wildman–Crippen LogP) is 5.22. The third-order valence-corrected chi connectivity index (χ3v) is 5.01. The molecule has 0 atom stereocenters. The highest BCUT2D eigenvalue weighted by atomic mass is 16.5. The number of ether oxygens (including phenoxy) is 1. The van der Waals surface area contributed by atoms with E-state index >= 15 is 0 Å². The summed E-state index contributed by atoms with van der Waals surface area (Å²) in [6.07, 6.45) is 3.14. The van der Waals surface area contributed by atoms with Crippen LogP contribution in [0.5, 0.6) is 5.75 Å². The van der Waals surface area contributed by atoms with Gasteiger partial charge in [-0.15, -0.1) is 0 Å². The molecule has 6 nitrogen and oxygen atoms in total. The Morgan fingerprint density at radius 1 is 1.03 bits per heavy atom. The zero-order valence-corrected chi connectivity index (χ0v) is 17.3. The number of carbonyl (C=O) groups excluding carboxylic acids is 2. The van der Waals surface area contributed by atoms with Crippen LogP contribution in [0.25, 0.3) is 17.0 Å². The number of aromatic nitrogens is 1. The van der Waals surface area contributed by atoms with Gasteiger partial charge in [0.2, 0.25) is 5.78 Å². The van der Waals surface area contributed by atoms with Crippen molar-refractivity contribution in [1.29, 1.82) is 5.26 Å². The minimum Gasteiger partial charge on any atom is -0.497 e. The lowest BCUT2D eigenvalue weighted by Crippen LogP contribution is -2.11. The Balaban J connectivity index is 1.56. The lowest BCUT2D eigenvalue weighted by molar-refractivity contribution is 0.102. The number of H-pyrrole nitrogens is 1. The number of benzene rings is 3. The van der Waals surface area contributed by atoms with E-state index in [0.717, 1.165) is 10.9 Å². The summed E-state index contributed by atoms with van der Waals surface area (Å²) in [6, 6.07) is 23.2. The number of nitrogens with zero attached hydrogens (tertiary/aromatic N) is 1. The van der Waals surface area contributed by atoms with Gasteiger partial charge in [-0.2, -0.15) is 5.26 Å². The van der Waals surface area contributed by atoms with Gasteiger partial charge in [-0.1, -0.05) is 30.3 Å². The molecule has 2 N–H and O–H groups in total. The SMILES string of the molecule is COc1ccc(C(=O)Nc2cccc(/C=C(\C#N)C(=O)c3c[nH]c4ccccc34)c2)cc1. The Labute approximate surface area is 184 Å². The minimum atomic E-state index is -0.363. The van der Waals surface area contributed by atoms with E-state index in [0.29, 0.717) is 28.1 Å². The van der Waals surface area contributed by atoms with Crippen LogP contribution in [0, 0.1) is 11.3 Å². The van der Waals surface area contributed by atoms with E-state index in [4.69, 9.17) is 4.74 Å². The number of rotatable bonds is 6. The first-order chi connectivity index (χ1) is 15.6. The van der Waals surface area contributed by atoms with Crippen molar-refractivity contribution in [3.05, 3.63) is 101 Å². The van der Waals surface area contributed by atoms with E-state index in [2.05, 4.69) is 10.3 Å². The number of para-hydroxylation sites is 1. The van der Waals surface area contributed by atoms with Crippen LogP contribution in [0.1, 0.15) is 26.3 Å². The number of carbonyl (C=O) groups is 2. The summed E-state index contributed by atoms with van der Waals surface area (Å²) in [5, 5.41) is 13.2. The normalized spacial score (nSPS) is 11.1. The monoisotopic (exact) mass is 421 g/mol. The second-order valence-corrected chi connectivity index (χ2v) is 7.05. The van der Waals surface area contributed by atoms with Crippen molar-refractivity contribution in [2.45, 2.75) is 0 Å². The van der Waals surface area contributed by atoms with E-state index in [-0.39, 0.29) is 17.3 Å². The number of methoxy groups -OCH3 is 1. The zero-order chi connectivity index (χ0) is 22.5. The smallest absolute Gasteiger partial charge is 0.255 e. The molecule has 0 spiro atoms. The molecule has 32 heavy (non-hydrogen) atoms. The number of hydrogen-bond acceptors (Lipinski definition) is 4. The maximum absolute atomic E-state index is 13.0. The number of nitriles is 1. The van der Waals surface area contributed by atoms with Crippen molar-refractivity contribution >= 4 is 34.4 Å². The Morgan fingerprint density at radius 2 is 1.81 bits per heavy atom. The first-order valence-electron chi connectivity index (χ1n) is 9.87. The molecule has 0 unspecified atom stereocenters. The second kappa shape index (κ2) is 9.02. The molecular formula is C26H19N3O3. The summed E-state index contributed by atoms with van der Waals surface area (Å²) in [6.45, 7) is 0. The molecule has 1 heterocycles. The summed E-state index contributed by atoms with van der Waals surface area (Å²) in [5.74, 6) is 0.0272. The molecule has 3 aromatic carbocycles. The number of aromatic amines is 1. The summed E-state index contributed by atoms with van der Waals surface area (Å²) < 4.78 is 5.11. The van der Waals surface area contributed by atoms with Crippen molar-refractivity contribution in [3.63, 3.8) is 0 Å². The van der Waals surface area contributed by atoms with Crippen LogP contribution in [0.2, 0.25) is 0 Å². The molecule has 0 aliphatic heterocycles. The van der Waals surface area contributed by atoms with Crippen LogP contribution >= 0.6 is 0 Å². The standard InChI is InChI=1S/C26H19N3O3/c1-32-21-11-9-18(10-12-21)26(31)29-20-6-4-5-17(14-20)13-19(15-27)25(30)23-16-28-24-8-3-2-7-22(23)24/h2-14,16,28H,1H3,(H,29,31)/b19-13+. The Kier molecular flexibility index (Phi) is 5.82. The van der Waals surface area contributed by atoms with Gasteiger partial charge in [0.25, 0.3) is 5.91 Å². The van der Waals surface area contributed by atoms with E-state index in [1.807, 2.05) is 30.3 Å². The number of amides is 1. The van der Waals surface area contributed by atoms with Crippen LogP contribution in [0.4, 0.5) is 5.69 Å². The number of fused-ring (bicyclic) bond motifs is 1. The van der Waals surface area contributed by atoms with Crippen LogP contribution in [0.15, 0.2) is 84.6 Å². The van der Waals surface area contributed by atoms with E-state index in [9.17, 15) is 14.9 Å². The molecule has 1 aromatic heterocycles. The average Bonchev–Trinajstić information content (AvgIpc) is 3.26. The van der Waals surface area contributed by atoms with Crippen LogP contribution < -0.4 is 10.1 Å². The maximum Gasteiger partial charge on any atom is 0.255 e. The fourth-order valence-corrected chi connectivity index (χ4v) is 3.37. The molecule has 156 valence electrons. The number of ketones is 1. The quantitative estimate of drug-likeness (QED) is 0.254. The molecule has 1 amide bonds. The predicted molar refractivity (Wildman–Crippen MR) is 124 cm³/mol. The summed E-state index contributed by atoms with van der Waals surface area (Å²) in [7, 11) is 1.56. The highest BCUT2D eigenvalue weighted by Crippen LogP contribution is 2.22. The van der Waals surface area contributed by atoms with Gasteiger partial charge in [-0.05, 0) is 54.1 Å². The number of nitrogens with one attached hydrogen (secondary N) is 2. The minimum absolute atomic E-state index is 0.00776. The number of allylic oxidation sites excluding steroid dienone is 1. The molecule has 0 fully saturated rings. The van der Waals surface area contributed by atoms with E-state index in [1.54, 1.807) is 61.8 Å². The fourth-order valence-electron chi connectivity index (χ4n) is 3.37. The van der Waals surface area contributed by atoms with Crippen molar-refractivity contribution in [1.82, 2.24) is 4.98 Å². The van der Waals surface area contributed by atoms with Gasteiger partial charge in [0.1, 0.15) is 17.4 Å². The Hall–Kier alpha value is -4.63. The number of hydrogen-bond donors (Lipinski definition) is 2. The zero-order valence-electron chi connectivity index (χ0n) is 17.3. The molecule has 6 heteroatoms. The number of anilines is 1. The highest BCUT2D eigenvalue weighted by Gasteiger charge is 2.16. The Morgan fingerprint density at radius 3 is 2.56 bits per heavy atom. The molecule has 0 aliphatic rings. The third-order valence-electron chi connectivity index (χ3n) is 5.01. The van der Waals surface area contributed by atoms with Crippen LogP contribution in [0.3, 0.4) is 0 Å². The topological polar surface area (TPSA) is 95.0 Å². The molecule has 0 radical (unpaired) electrons. The first kappa shape index (κ1) is 20.6. The van der Waals surface area contributed by atoms with Gasteiger partial charge in [0, 0.05) is 33.9 Å². The average molecular weight is 421 g/mol. The fraction of sp³-hybridized carbons (Fsp3) is 0.0385. The van der Waals surface area contributed by atoms with Crippen molar-refractivity contribution in [2.75, 3.05) is 12.4 Å². The maximum atomic E-state index is 13.0. The van der Waals surface area contributed by atoms with Crippen molar-refractivity contribution in [3.8, 4) is 11.8 Å². The van der Waals surface area contributed by atoms with Gasteiger partial charge in [-0.25, -0.2) is 0 Å². The summed E-state index contributed by atoms with van der Waals surface area (Å²) in [4.78, 5) is 28.5. The van der Waals surface area contributed by atoms with Gasteiger partial charge >= 0.3 is 0 Å². The lowest BCUT2D eigenvalue weighted by Gasteiger charge is -2.07. The van der Waals surface area contributed by atoms with Gasteiger partial charge in [0.15, 0.2) is 0 Å². The third kappa shape index (κ3) is 4.27. The second-order valence-electron chi connectivity index (χ2n) is 7.05. The molecule has 4 aromatic rings. The largest absolute Gasteiger partial charge is 0.497 e. The van der Waals surface area contributed by atoms with Crippen molar-refractivity contribution in [2.24, 2.45) is 0 Å². The molecule has 0 aliphatic carbocycles. The molecular weight excluding hydrogens is 402 g/mol. The van der Waals surface area contributed by atoms with Crippen molar-refractivity contribution < 1.29 is 14.3 Å². The molecule has 0 saturated heterocycles. The summed E-state index contributed by atoms with van der Waals surface area (Å²) >= 11 is 0. The van der Waals surface area contributed by atoms with Crippen LogP contribution in [-0.2, 0) is 0 Å². The molecule has 0 saturated carbocycles. The van der Waals surface area contributed by atoms with E-state index < -0.39 is 0 Å². The molecule has 4 rings (SSSR count). The van der Waals surface area contributed by atoms with Crippen LogP contribution in [-0.4, -0.2) is 23.8 Å². The molecule has 0 bridgehead atoms. The van der Waals surface area contributed by atoms with E-state index in [1.165, 1.54) is 6.08 Å².